The molecule has 0 spiro atoms. The Labute approximate surface area is 177 Å². The number of para-hydroxylation sites is 1. The van der Waals surface area contributed by atoms with Crippen LogP contribution >= 0.6 is 11.8 Å². The number of rotatable bonds is 6. The van der Waals surface area contributed by atoms with Gasteiger partial charge in [-0.3, -0.25) is 18.5 Å². The number of amides is 1. The highest BCUT2D eigenvalue weighted by Crippen LogP contribution is 2.23. The average Bonchev–Trinajstić information content (AvgIpc) is 3.27. The zero-order valence-corrected chi connectivity index (χ0v) is 17.8. The van der Waals surface area contributed by atoms with E-state index in [1.165, 1.54) is 11.8 Å². The minimum absolute atomic E-state index is 0.101. The van der Waals surface area contributed by atoms with E-state index in [0.29, 0.717) is 10.8 Å². The molecule has 0 aliphatic carbocycles. The molecule has 0 bridgehead atoms. The second kappa shape index (κ2) is 8.19. The minimum Gasteiger partial charge on any atom is -0.325 e. The molecule has 2 aromatic heterocycles. The molecule has 2 heterocycles. The number of carbonyl (C=O) groups is 1. The molecule has 0 atom stereocenters. The molecular formula is C21H22N6O2S. The van der Waals surface area contributed by atoms with Crippen LogP contribution in [0.3, 0.4) is 0 Å². The zero-order valence-electron chi connectivity index (χ0n) is 17.0. The van der Waals surface area contributed by atoms with Crippen molar-refractivity contribution < 1.29 is 4.79 Å². The molecule has 1 amide bonds. The van der Waals surface area contributed by atoms with Crippen LogP contribution in [0.5, 0.6) is 0 Å². The summed E-state index contributed by atoms with van der Waals surface area (Å²) in [6, 6.07) is 15.3. The van der Waals surface area contributed by atoms with Crippen LogP contribution in [0.4, 0.5) is 5.69 Å². The summed E-state index contributed by atoms with van der Waals surface area (Å²) >= 11 is 1.34. The Morgan fingerprint density at radius 3 is 2.50 bits per heavy atom. The summed E-state index contributed by atoms with van der Waals surface area (Å²) in [6.07, 6.45) is 0.741. The topological polar surface area (TPSA) is 86.7 Å². The maximum atomic E-state index is 12.5. The van der Waals surface area contributed by atoms with Gasteiger partial charge in [-0.2, -0.15) is 0 Å². The first-order valence-corrected chi connectivity index (χ1v) is 10.6. The molecule has 154 valence electrons. The van der Waals surface area contributed by atoms with Crippen LogP contribution in [0.2, 0.25) is 0 Å². The van der Waals surface area contributed by atoms with E-state index in [1.807, 2.05) is 47.9 Å². The van der Waals surface area contributed by atoms with Gasteiger partial charge in [0.2, 0.25) is 5.91 Å². The highest BCUT2D eigenvalue weighted by molar-refractivity contribution is 7.99. The molecule has 1 N–H and O–H groups in total. The summed E-state index contributed by atoms with van der Waals surface area (Å²) < 4.78 is 5.12. The average molecular weight is 423 g/mol. The highest BCUT2D eigenvalue weighted by Gasteiger charge is 2.15. The Bertz CT molecular complexity index is 1270. The van der Waals surface area contributed by atoms with Gasteiger partial charge in [0, 0.05) is 31.9 Å². The van der Waals surface area contributed by atoms with Crippen molar-refractivity contribution in [3.8, 4) is 5.69 Å². The fourth-order valence-corrected chi connectivity index (χ4v) is 4.14. The van der Waals surface area contributed by atoms with Crippen LogP contribution in [0.15, 0.2) is 58.5 Å². The molecule has 4 aromatic rings. The molecule has 0 saturated carbocycles. The normalized spacial score (nSPS) is 11.2. The van der Waals surface area contributed by atoms with Crippen molar-refractivity contribution in [1.29, 1.82) is 0 Å². The maximum absolute atomic E-state index is 12.5. The first-order valence-electron chi connectivity index (χ1n) is 9.57. The van der Waals surface area contributed by atoms with Crippen LogP contribution in [0.1, 0.15) is 12.7 Å². The predicted molar refractivity (Wildman–Crippen MR) is 118 cm³/mol. The number of aryl methyl sites for hydroxylation is 3. The number of fused-ring (bicyclic) bond motifs is 1. The van der Waals surface area contributed by atoms with E-state index < -0.39 is 0 Å². The van der Waals surface area contributed by atoms with E-state index in [-0.39, 0.29) is 17.3 Å². The Morgan fingerprint density at radius 2 is 1.77 bits per heavy atom. The highest BCUT2D eigenvalue weighted by atomic mass is 32.2. The van der Waals surface area contributed by atoms with E-state index in [4.69, 9.17) is 0 Å². The monoisotopic (exact) mass is 422 g/mol. The molecule has 9 heteroatoms. The van der Waals surface area contributed by atoms with Crippen molar-refractivity contribution in [2.75, 3.05) is 11.1 Å². The molecule has 0 aliphatic rings. The number of carbonyl (C=O) groups excluding carboxylic acids is 1. The summed E-state index contributed by atoms with van der Waals surface area (Å²) in [5.74, 6) is 0.890. The van der Waals surface area contributed by atoms with Gasteiger partial charge >= 0.3 is 5.69 Å². The number of benzene rings is 2. The number of nitrogens with one attached hydrogen (secondary N) is 1. The predicted octanol–water partition coefficient (Wildman–Crippen LogP) is 2.75. The fourth-order valence-electron chi connectivity index (χ4n) is 3.37. The quantitative estimate of drug-likeness (QED) is 0.483. The third kappa shape index (κ3) is 3.63. The van der Waals surface area contributed by atoms with Gasteiger partial charge in [0.1, 0.15) is 5.82 Å². The lowest BCUT2D eigenvalue weighted by Crippen LogP contribution is -2.19. The molecule has 0 aliphatic heterocycles. The number of anilines is 1. The minimum atomic E-state index is -0.152. The largest absolute Gasteiger partial charge is 0.328 e. The summed E-state index contributed by atoms with van der Waals surface area (Å²) in [4.78, 5) is 24.6. The molecule has 4 rings (SSSR count). The van der Waals surface area contributed by atoms with Gasteiger partial charge in [-0.05, 0) is 30.3 Å². The first-order chi connectivity index (χ1) is 14.5. The molecule has 0 radical (unpaired) electrons. The second-order valence-electron chi connectivity index (χ2n) is 6.86. The van der Waals surface area contributed by atoms with Gasteiger partial charge in [0.05, 0.1) is 16.8 Å². The van der Waals surface area contributed by atoms with Gasteiger partial charge in [-0.25, -0.2) is 4.79 Å². The Balaban J connectivity index is 1.50. The van der Waals surface area contributed by atoms with Crippen LogP contribution in [-0.4, -0.2) is 35.6 Å². The van der Waals surface area contributed by atoms with Crippen LogP contribution in [-0.2, 0) is 25.3 Å². The molecular weight excluding hydrogens is 400 g/mol. The van der Waals surface area contributed by atoms with Gasteiger partial charge in [0.25, 0.3) is 0 Å². The van der Waals surface area contributed by atoms with Crippen molar-refractivity contribution >= 4 is 34.4 Å². The number of hydrogen-bond donors (Lipinski definition) is 1. The number of aromatic nitrogens is 5. The van der Waals surface area contributed by atoms with Crippen LogP contribution in [0.25, 0.3) is 16.7 Å². The molecule has 0 unspecified atom stereocenters. The third-order valence-electron chi connectivity index (χ3n) is 4.92. The first kappa shape index (κ1) is 20.0. The molecule has 0 fully saturated rings. The molecule has 0 saturated heterocycles. The van der Waals surface area contributed by atoms with Crippen LogP contribution < -0.4 is 11.0 Å². The summed E-state index contributed by atoms with van der Waals surface area (Å²) in [6.45, 7) is 2.03. The summed E-state index contributed by atoms with van der Waals surface area (Å²) in [7, 11) is 3.45. The van der Waals surface area contributed by atoms with Crippen molar-refractivity contribution in [2.24, 2.45) is 14.1 Å². The number of hydrogen-bond acceptors (Lipinski definition) is 5. The third-order valence-corrected chi connectivity index (χ3v) is 5.85. The SMILES string of the molecule is CCc1nnc(SCC(=O)Nc2ccc3c(c2)n(C)c(=O)n3C)n1-c1ccccc1. The van der Waals surface area contributed by atoms with Crippen molar-refractivity contribution in [2.45, 2.75) is 18.5 Å². The second-order valence-corrected chi connectivity index (χ2v) is 7.81. The van der Waals surface area contributed by atoms with E-state index in [2.05, 4.69) is 15.5 Å². The van der Waals surface area contributed by atoms with Gasteiger partial charge in [-0.15, -0.1) is 10.2 Å². The van der Waals surface area contributed by atoms with E-state index in [0.717, 1.165) is 29.0 Å². The molecule has 8 nitrogen and oxygen atoms in total. The molecule has 2 aromatic carbocycles. The summed E-state index contributed by atoms with van der Waals surface area (Å²) in [5.41, 5.74) is 3.10. The lowest BCUT2D eigenvalue weighted by atomic mass is 10.2. The number of imidazole rings is 1. The summed E-state index contributed by atoms with van der Waals surface area (Å²) in [5, 5.41) is 12.1. The lowest BCUT2D eigenvalue weighted by Gasteiger charge is -2.09. The number of nitrogens with zero attached hydrogens (tertiary/aromatic N) is 5. The van der Waals surface area contributed by atoms with E-state index in [9.17, 15) is 9.59 Å². The zero-order chi connectivity index (χ0) is 21.3. The fraction of sp³-hybridized carbons (Fsp3) is 0.238. The van der Waals surface area contributed by atoms with Crippen molar-refractivity contribution in [3.63, 3.8) is 0 Å². The van der Waals surface area contributed by atoms with Gasteiger partial charge in [0.15, 0.2) is 5.16 Å². The smallest absolute Gasteiger partial charge is 0.325 e. The van der Waals surface area contributed by atoms with Crippen molar-refractivity contribution in [1.82, 2.24) is 23.9 Å². The van der Waals surface area contributed by atoms with Gasteiger partial charge in [-0.1, -0.05) is 36.9 Å². The van der Waals surface area contributed by atoms with Gasteiger partial charge < -0.3 is 5.32 Å². The van der Waals surface area contributed by atoms with Crippen molar-refractivity contribution in [3.05, 3.63) is 64.8 Å². The molecule has 30 heavy (non-hydrogen) atoms. The number of thioether (sulfide) groups is 1. The van der Waals surface area contributed by atoms with Crippen LogP contribution in [0, 0.1) is 0 Å². The Kier molecular flexibility index (Phi) is 5.45. The van der Waals surface area contributed by atoms with E-state index in [1.54, 1.807) is 35.4 Å². The maximum Gasteiger partial charge on any atom is 0.328 e. The standard InChI is InChI=1S/C21H22N6O2S/c1-4-18-23-24-20(27(18)15-8-6-5-7-9-15)30-13-19(28)22-14-10-11-16-17(12-14)26(3)21(29)25(16)2/h5-12H,4,13H2,1-3H3,(H,22,28). The lowest BCUT2D eigenvalue weighted by molar-refractivity contribution is -0.113. The Morgan fingerprint density at radius 1 is 1.03 bits per heavy atom. The van der Waals surface area contributed by atoms with E-state index >= 15 is 0 Å². The Hall–Kier alpha value is -3.33.